The maximum atomic E-state index is 13.4. The van der Waals surface area contributed by atoms with Gasteiger partial charge in [-0.15, -0.1) is 17.9 Å². The van der Waals surface area contributed by atoms with Crippen LogP contribution in [0, 0.1) is 6.92 Å². The van der Waals surface area contributed by atoms with Crippen LogP contribution in [0.3, 0.4) is 0 Å². The second kappa shape index (κ2) is 9.85. The van der Waals surface area contributed by atoms with Crippen molar-refractivity contribution in [3.8, 4) is 10.4 Å². The van der Waals surface area contributed by atoms with Crippen molar-refractivity contribution in [3.63, 3.8) is 0 Å². The maximum absolute atomic E-state index is 13.4. The van der Waals surface area contributed by atoms with Crippen LogP contribution in [-0.2, 0) is 17.9 Å². The van der Waals surface area contributed by atoms with Crippen molar-refractivity contribution in [3.05, 3.63) is 81.3 Å². The van der Waals surface area contributed by atoms with Crippen LogP contribution < -0.4 is 5.56 Å². The van der Waals surface area contributed by atoms with Crippen LogP contribution in [0.5, 0.6) is 0 Å². The van der Waals surface area contributed by atoms with Crippen LogP contribution in [-0.4, -0.2) is 33.2 Å². The zero-order valence-electron chi connectivity index (χ0n) is 17.9. The van der Waals surface area contributed by atoms with Crippen LogP contribution in [0.25, 0.3) is 20.7 Å². The van der Waals surface area contributed by atoms with E-state index in [9.17, 15) is 9.59 Å². The smallest absolute Gasteiger partial charge is 0.263 e. The minimum Gasteiger partial charge on any atom is -0.341 e. The highest BCUT2D eigenvalue weighted by molar-refractivity contribution is 7.99. The number of benzene rings is 1. The molecule has 8 heteroatoms. The van der Waals surface area contributed by atoms with Gasteiger partial charge in [-0.1, -0.05) is 48.2 Å². The predicted octanol–water partition coefficient (Wildman–Crippen LogP) is 5.43. The highest BCUT2D eigenvalue weighted by Gasteiger charge is 2.20. The Morgan fingerprint density at radius 2 is 2.06 bits per heavy atom. The molecule has 0 spiro atoms. The molecular weight excluding hydrogens is 458 g/mol. The molecule has 3 aromatic heterocycles. The predicted molar refractivity (Wildman–Crippen MR) is 136 cm³/mol. The van der Waals surface area contributed by atoms with E-state index >= 15 is 0 Å². The van der Waals surface area contributed by atoms with E-state index in [0.29, 0.717) is 28.5 Å². The number of aromatic nitrogens is 2. The van der Waals surface area contributed by atoms with Crippen LogP contribution in [0.15, 0.2) is 69.8 Å². The summed E-state index contributed by atoms with van der Waals surface area (Å²) in [7, 11) is 1.79. The third-order valence-electron chi connectivity index (χ3n) is 5.11. The molecule has 0 atom stereocenters. The molecule has 3 heterocycles. The Balaban J connectivity index is 1.64. The first-order valence-corrected chi connectivity index (χ1v) is 12.8. The normalized spacial score (nSPS) is 11.1. The van der Waals surface area contributed by atoms with E-state index in [0.717, 1.165) is 21.6 Å². The number of allylic oxidation sites excluding steroid dienone is 1. The summed E-state index contributed by atoms with van der Waals surface area (Å²) in [4.78, 5) is 34.3. The molecule has 4 aromatic rings. The number of aryl methyl sites for hydroxylation is 1. The Kier molecular flexibility index (Phi) is 6.93. The highest BCUT2D eigenvalue weighted by atomic mass is 32.2. The summed E-state index contributed by atoms with van der Waals surface area (Å²) in [5.74, 6) is 0.207. The molecule has 0 unspecified atom stereocenters. The fourth-order valence-corrected chi connectivity index (χ4v) is 6.28. The molecule has 1 aromatic carbocycles. The molecule has 0 radical (unpaired) electrons. The Morgan fingerprint density at radius 3 is 2.75 bits per heavy atom. The summed E-state index contributed by atoms with van der Waals surface area (Å²) in [5.41, 5.74) is 3.03. The first-order valence-electron chi connectivity index (χ1n) is 10.1. The minimum absolute atomic E-state index is 0.00645. The lowest BCUT2D eigenvalue weighted by Crippen LogP contribution is -2.28. The molecule has 0 aliphatic heterocycles. The van der Waals surface area contributed by atoms with Gasteiger partial charge in [-0.05, 0) is 40.4 Å². The Hall–Kier alpha value is -2.68. The van der Waals surface area contributed by atoms with Gasteiger partial charge in [-0.2, -0.15) is 11.3 Å². The van der Waals surface area contributed by atoms with E-state index in [4.69, 9.17) is 4.98 Å². The van der Waals surface area contributed by atoms with Crippen molar-refractivity contribution in [2.75, 3.05) is 12.8 Å². The van der Waals surface area contributed by atoms with Crippen molar-refractivity contribution >= 4 is 50.6 Å². The molecule has 5 nitrogen and oxygen atoms in total. The van der Waals surface area contributed by atoms with Crippen molar-refractivity contribution < 1.29 is 4.79 Å². The van der Waals surface area contributed by atoms with E-state index in [1.165, 1.54) is 23.1 Å². The van der Waals surface area contributed by atoms with Gasteiger partial charge in [0.2, 0.25) is 5.91 Å². The number of amides is 1. The molecule has 0 saturated heterocycles. The summed E-state index contributed by atoms with van der Waals surface area (Å²) in [5, 5.41) is 5.22. The van der Waals surface area contributed by atoms with E-state index in [-0.39, 0.29) is 17.2 Å². The van der Waals surface area contributed by atoms with E-state index in [2.05, 4.69) is 6.58 Å². The van der Waals surface area contributed by atoms with Gasteiger partial charge in [0.1, 0.15) is 4.83 Å². The van der Waals surface area contributed by atoms with Crippen molar-refractivity contribution in [2.24, 2.45) is 0 Å². The molecule has 0 bridgehead atoms. The van der Waals surface area contributed by atoms with Gasteiger partial charge in [0.25, 0.3) is 5.56 Å². The molecule has 32 heavy (non-hydrogen) atoms. The zero-order valence-corrected chi connectivity index (χ0v) is 20.4. The fourth-order valence-electron chi connectivity index (χ4n) is 3.44. The van der Waals surface area contributed by atoms with Crippen molar-refractivity contribution in [2.45, 2.75) is 25.2 Å². The first kappa shape index (κ1) is 22.5. The van der Waals surface area contributed by atoms with E-state index < -0.39 is 0 Å². The number of hydrogen-bond donors (Lipinski definition) is 0. The number of nitrogens with zero attached hydrogens (tertiary/aromatic N) is 3. The number of fused-ring (bicyclic) bond motifs is 1. The number of hydrogen-bond acceptors (Lipinski definition) is 6. The highest BCUT2D eigenvalue weighted by Crippen LogP contribution is 2.36. The lowest BCUT2D eigenvalue weighted by atomic mass is 10.1. The molecule has 0 aliphatic rings. The summed E-state index contributed by atoms with van der Waals surface area (Å²) >= 11 is 4.43. The maximum Gasteiger partial charge on any atom is 0.263 e. The largest absolute Gasteiger partial charge is 0.341 e. The summed E-state index contributed by atoms with van der Waals surface area (Å²) in [6, 6.07) is 12.0. The third kappa shape index (κ3) is 4.57. The van der Waals surface area contributed by atoms with Crippen molar-refractivity contribution in [1.29, 1.82) is 0 Å². The number of thioether (sulfide) groups is 1. The number of rotatable bonds is 8. The molecule has 1 amide bonds. The Bertz CT molecular complexity index is 1310. The van der Waals surface area contributed by atoms with Crippen LogP contribution in [0.4, 0.5) is 0 Å². The molecule has 4 rings (SSSR count). The summed E-state index contributed by atoms with van der Waals surface area (Å²) < 4.78 is 1.61. The van der Waals surface area contributed by atoms with Gasteiger partial charge in [-0.3, -0.25) is 14.2 Å². The van der Waals surface area contributed by atoms with Gasteiger partial charge in [0.05, 0.1) is 11.1 Å². The minimum atomic E-state index is -0.0904. The lowest BCUT2D eigenvalue weighted by Gasteiger charge is -2.17. The van der Waals surface area contributed by atoms with Crippen LogP contribution >= 0.6 is 34.4 Å². The standard InChI is InChI=1S/C24H23N3O2S3/c1-4-11-27-23(29)20-16(2)21(18-8-6-5-7-9-18)32-22(20)25-24(27)31-15-19(28)26(3)13-17-10-12-30-14-17/h4-10,12,14H,1,11,13,15H2,2-3H3. The SMILES string of the molecule is C=CCn1c(SCC(=O)N(C)Cc2ccsc2)nc2sc(-c3ccccc3)c(C)c2c1=O. The monoisotopic (exact) mass is 481 g/mol. The van der Waals surface area contributed by atoms with Gasteiger partial charge in [-0.25, -0.2) is 4.98 Å². The lowest BCUT2D eigenvalue weighted by molar-refractivity contribution is -0.127. The van der Waals surface area contributed by atoms with Gasteiger partial charge < -0.3 is 4.90 Å². The number of carbonyl (C=O) groups is 1. The van der Waals surface area contributed by atoms with Crippen LogP contribution in [0.1, 0.15) is 11.1 Å². The molecule has 164 valence electrons. The zero-order chi connectivity index (χ0) is 22.7. The molecule has 0 saturated carbocycles. The van der Waals surface area contributed by atoms with E-state index in [1.54, 1.807) is 33.9 Å². The average Bonchev–Trinajstić information content (AvgIpc) is 3.42. The second-order valence-corrected chi connectivity index (χ2v) is 10.1. The molecule has 0 aliphatic carbocycles. The molecular formula is C24H23N3O2S3. The third-order valence-corrected chi connectivity index (χ3v) is 8.04. The van der Waals surface area contributed by atoms with Gasteiger partial charge in [0, 0.05) is 25.0 Å². The van der Waals surface area contributed by atoms with E-state index in [1.807, 2.05) is 54.1 Å². The Morgan fingerprint density at radius 1 is 1.28 bits per heavy atom. The topological polar surface area (TPSA) is 55.2 Å². The second-order valence-electron chi connectivity index (χ2n) is 7.37. The summed E-state index contributed by atoms with van der Waals surface area (Å²) in [6.07, 6.45) is 1.68. The first-order chi connectivity index (χ1) is 15.5. The average molecular weight is 482 g/mol. The van der Waals surface area contributed by atoms with Crippen LogP contribution in [0.2, 0.25) is 0 Å². The molecule has 0 fully saturated rings. The van der Waals surface area contributed by atoms with Gasteiger partial charge in [0.15, 0.2) is 5.16 Å². The molecule has 0 N–H and O–H groups in total. The number of thiophene rings is 2. The Labute approximate surface area is 199 Å². The van der Waals surface area contributed by atoms with Gasteiger partial charge >= 0.3 is 0 Å². The van der Waals surface area contributed by atoms with Crippen molar-refractivity contribution in [1.82, 2.24) is 14.5 Å². The summed E-state index contributed by atoms with van der Waals surface area (Å²) in [6.45, 7) is 6.68. The quantitative estimate of drug-likeness (QED) is 0.191. The fraction of sp³-hybridized carbons (Fsp3) is 0.208. The number of carbonyl (C=O) groups excluding carboxylic acids is 1.